The van der Waals surface area contributed by atoms with Gasteiger partial charge in [-0.1, -0.05) is 6.07 Å². The smallest absolute Gasteiger partial charge is 0.271 e. The summed E-state index contributed by atoms with van der Waals surface area (Å²) < 4.78 is 32.7. The van der Waals surface area contributed by atoms with Gasteiger partial charge in [-0.15, -0.1) is 0 Å². The van der Waals surface area contributed by atoms with E-state index in [4.69, 9.17) is 4.74 Å². The van der Waals surface area contributed by atoms with Gasteiger partial charge in [-0.2, -0.15) is 5.10 Å². The van der Waals surface area contributed by atoms with Gasteiger partial charge >= 0.3 is 0 Å². The molecule has 134 valence electrons. The minimum Gasteiger partial charge on any atom is -0.376 e. The molecule has 1 atom stereocenters. The van der Waals surface area contributed by atoms with E-state index in [-0.39, 0.29) is 18.9 Å². The number of amides is 2. The Kier molecular flexibility index (Phi) is 5.03. The molecular weight excluding hydrogens is 334 g/mol. The highest BCUT2D eigenvalue weighted by Gasteiger charge is 2.22. The number of rotatable bonds is 5. The van der Waals surface area contributed by atoms with E-state index in [0.717, 1.165) is 31.0 Å². The van der Waals surface area contributed by atoms with Crippen molar-refractivity contribution in [2.75, 3.05) is 18.5 Å². The Labute approximate surface area is 143 Å². The number of aromatic nitrogens is 2. The van der Waals surface area contributed by atoms with Crippen LogP contribution in [0.3, 0.4) is 0 Å². The Morgan fingerprint density at radius 3 is 2.76 bits per heavy atom. The normalized spacial score (nSPS) is 16.6. The van der Waals surface area contributed by atoms with Crippen LogP contribution in [0.4, 0.5) is 14.5 Å². The van der Waals surface area contributed by atoms with Crippen molar-refractivity contribution in [2.24, 2.45) is 0 Å². The first kappa shape index (κ1) is 17.0. The maximum Gasteiger partial charge on any atom is 0.271 e. The fraction of sp³-hybridized carbons (Fsp3) is 0.312. The maximum absolute atomic E-state index is 13.7. The summed E-state index contributed by atoms with van der Waals surface area (Å²) in [5.41, 5.74) is -0.713. The summed E-state index contributed by atoms with van der Waals surface area (Å²) in [5, 5.41) is 11.1. The standard InChI is InChI=1S/C16H16F2N4O3.H2/c17-10-4-1-5-11(18)13(10)15(23)21-12-8-20-22-14(12)16(24)19-7-9-3-2-6-25-9;/h1,4-5,8-9H,2-3,6-7H2,(H,19,24)(H,20,22)(H,21,23);1H. The van der Waals surface area contributed by atoms with Crippen LogP contribution in [0, 0.1) is 11.6 Å². The van der Waals surface area contributed by atoms with Gasteiger partial charge in [-0.05, 0) is 25.0 Å². The van der Waals surface area contributed by atoms with Crippen LogP contribution in [-0.4, -0.2) is 41.3 Å². The van der Waals surface area contributed by atoms with Crippen LogP contribution in [0.15, 0.2) is 24.4 Å². The monoisotopic (exact) mass is 352 g/mol. The van der Waals surface area contributed by atoms with Crippen LogP contribution in [0.25, 0.3) is 0 Å². The van der Waals surface area contributed by atoms with Gasteiger partial charge in [0.2, 0.25) is 0 Å². The van der Waals surface area contributed by atoms with E-state index in [2.05, 4.69) is 20.8 Å². The van der Waals surface area contributed by atoms with Crippen molar-refractivity contribution < 1.29 is 24.5 Å². The molecule has 0 aliphatic carbocycles. The van der Waals surface area contributed by atoms with Crippen molar-refractivity contribution in [3.05, 3.63) is 47.3 Å². The average Bonchev–Trinajstić information content (AvgIpc) is 3.24. The number of anilines is 1. The number of ether oxygens (including phenoxy) is 1. The fourth-order valence-electron chi connectivity index (χ4n) is 2.55. The molecule has 2 aromatic rings. The molecule has 0 radical (unpaired) electrons. The van der Waals surface area contributed by atoms with E-state index in [9.17, 15) is 18.4 Å². The third-order valence-electron chi connectivity index (χ3n) is 3.82. The minimum absolute atomic E-state index is 0. The van der Waals surface area contributed by atoms with E-state index in [1.165, 1.54) is 6.20 Å². The van der Waals surface area contributed by atoms with Crippen LogP contribution >= 0.6 is 0 Å². The molecule has 2 heterocycles. The van der Waals surface area contributed by atoms with Gasteiger partial charge < -0.3 is 15.4 Å². The van der Waals surface area contributed by atoms with Gasteiger partial charge in [0, 0.05) is 14.6 Å². The van der Waals surface area contributed by atoms with E-state index in [0.29, 0.717) is 13.2 Å². The Balaban J connectivity index is 0.00000243. The molecule has 0 bridgehead atoms. The highest BCUT2D eigenvalue weighted by atomic mass is 19.1. The number of hydrogen-bond acceptors (Lipinski definition) is 4. The first-order valence-electron chi connectivity index (χ1n) is 7.75. The van der Waals surface area contributed by atoms with Crippen molar-refractivity contribution >= 4 is 17.5 Å². The molecule has 0 saturated carbocycles. The summed E-state index contributed by atoms with van der Waals surface area (Å²) in [6.45, 7) is 0.993. The molecule has 1 aliphatic heterocycles. The van der Waals surface area contributed by atoms with Gasteiger partial charge in [-0.3, -0.25) is 14.7 Å². The second-order valence-corrected chi connectivity index (χ2v) is 5.55. The van der Waals surface area contributed by atoms with Crippen molar-refractivity contribution in [1.82, 2.24) is 15.5 Å². The second-order valence-electron chi connectivity index (χ2n) is 5.55. The number of aromatic amines is 1. The van der Waals surface area contributed by atoms with Crippen molar-refractivity contribution in [2.45, 2.75) is 18.9 Å². The molecule has 7 nitrogen and oxygen atoms in total. The number of hydrogen-bond donors (Lipinski definition) is 3. The summed E-state index contributed by atoms with van der Waals surface area (Å²) in [7, 11) is 0. The molecule has 1 unspecified atom stereocenters. The molecule has 9 heteroatoms. The van der Waals surface area contributed by atoms with E-state index in [1.54, 1.807) is 0 Å². The summed E-state index contributed by atoms with van der Waals surface area (Å²) >= 11 is 0. The molecule has 2 amide bonds. The predicted octanol–water partition coefficient (Wildman–Crippen LogP) is 2.09. The number of carbonyl (C=O) groups is 2. The molecule has 3 N–H and O–H groups in total. The van der Waals surface area contributed by atoms with E-state index >= 15 is 0 Å². The number of H-pyrrole nitrogens is 1. The lowest BCUT2D eigenvalue weighted by molar-refractivity contribution is 0.0854. The highest BCUT2D eigenvalue weighted by molar-refractivity contribution is 6.08. The lowest BCUT2D eigenvalue weighted by Gasteiger charge is -2.11. The van der Waals surface area contributed by atoms with Gasteiger partial charge in [-0.25, -0.2) is 8.78 Å². The molecule has 1 aromatic carbocycles. The average molecular weight is 352 g/mol. The Bertz CT molecular complexity index is 773. The molecular formula is C16H18F2N4O3. The zero-order valence-electron chi connectivity index (χ0n) is 13.1. The number of benzene rings is 1. The molecule has 3 rings (SSSR count). The van der Waals surface area contributed by atoms with Crippen molar-refractivity contribution in [3.8, 4) is 0 Å². The molecule has 1 saturated heterocycles. The number of nitrogens with zero attached hydrogens (tertiary/aromatic N) is 1. The van der Waals surface area contributed by atoms with E-state index < -0.39 is 29.0 Å². The maximum atomic E-state index is 13.7. The third kappa shape index (κ3) is 3.82. The van der Waals surface area contributed by atoms with Crippen molar-refractivity contribution in [1.29, 1.82) is 0 Å². The predicted molar refractivity (Wildman–Crippen MR) is 86.3 cm³/mol. The first-order valence-corrected chi connectivity index (χ1v) is 7.75. The summed E-state index contributed by atoms with van der Waals surface area (Å²) in [6.07, 6.45) is 2.95. The van der Waals surface area contributed by atoms with Crippen molar-refractivity contribution in [3.63, 3.8) is 0 Å². The van der Waals surface area contributed by atoms with Crippen LogP contribution in [0.5, 0.6) is 0 Å². The molecule has 1 aromatic heterocycles. The van der Waals surface area contributed by atoms with Gasteiger partial charge in [0.25, 0.3) is 11.8 Å². The molecule has 25 heavy (non-hydrogen) atoms. The third-order valence-corrected chi connectivity index (χ3v) is 3.82. The summed E-state index contributed by atoms with van der Waals surface area (Å²) in [5.74, 6) is -3.50. The Morgan fingerprint density at radius 2 is 2.08 bits per heavy atom. The van der Waals surface area contributed by atoms with Crippen LogP contribution in [-0.2, 0) is 4.74 Å². The number of carbonyl (C=O) groups excluding carboxylic acids is 2. The SMILES string of the molecule is O=C(NCC1CCCO1)c1[nH]ncc1NC(=O)c1c(F)cccc1F.[HH]. The van der Waals surface area contributed by atoms with Crippen LogP contribution < -0.4 is 10.6 Å². The van der Waals surface area contributed by atoms with Gasteiger partial charge in [0.15, 0.2) is 0 Å². The second kappa shape index (κ2) is 7.39. The number of halogens is 2. The topological polar surface area (TPSA) is 96.1 Å². The molecule has 0 spiro atoms. The zero-order chi connectivity index (χ0) is 17.8. The van der Waals surface area contributed by atoms with Gasteiger partial charge in [0.1, 0.15) is 22.9 Å². The number of nitrogens with one attached hydrogen (secondary N) is 3. The molecule has 1 aliphatic rings. The highest BCUT2D eigenvalue weighted by Crippen LogP contribution is 2.17. The van der Waals surface area contributed by atoms with Gasteiger partial charge in [0.05, 0.1) is 18.0 Å². The summed E-state index contributed by atoms with van der Waals surface area (Å²) in [4.78, 5) is 24.3. The Hall–Kier alpha value is -2.81. The van der Waals surface area contributed by atoms with E-state index in [1.807, 2.05) is 0 Å². The molecule has 1 fully saturated rings. The van der Waals surface area contributed by atoms with Crippen LogP contribution in [0.2, 0.25) is 0 Å². The fourth-order valence-corrected chi connectivity index (χ4v) is 2.55. The largest absolute Gasteiger partial charge is 0.376 e. The zero-order valence-corrected chi connectivity index (χ0v) is 13.1. The lowest BCUT2D eigenvalue weighted by atomic mass is 10.2. The quantitative estimate of drug-likeness (QED) is 0.768. The summed E-state index contributed by atoms with van der Waals surface area (Å²) in [6, 6.07) is 3.11. The van der Waals surface area contributed by atoms with Crippen LogP contribution in [0.1, 0.15) is 35.1 Å². The Morgan fingerprint density at radius 1 is 1.32 bits per heavy atom. The first-order chi connectivity index (χ1) is 12.1. The lowest BCUT2D eigenvalue weighted by Crippen LogP contribution is -2.32. The minimum atomic E-state index is -1.01.